The molecule has 0 saturated carbocycles. The summed E-state index contributed by atoms with van der Waals surface area (Å²) in [5.74, 6) is 0. The SMILES string of the molecule is Cc1cccc(CN(CCN)Cc2cccc(Br)c2)c1. The van der Waals surface area contributed by atoms with Crippen molar-refractivity contribution in [2.24, 2.45) is 5.73 Å². The number of nitrogens with two attached hydrogens (primary N) is 1. The minimum Gasteiger partial charge on any atom is -0.329 e. The first-order chi connectivity index (χ1) is 9.67. The number of nitrogens with zero attached hydrogens (tertiary/aromatic N) is 1. The molecule has 0 fully saturated rings. The molecule has 20 heavy (non-hydrogen) atoms. The molecule has 0 radical (unpaired) electrons. The second-order valence-corrected chi connectivity index (χ2v) is 6.03. The van der Waals surface area contributed by atoms with Crippen LogP contribution in [0.15, 0.2) is 53.0 Å². The smallest absolute Gasteiger partial charge is 0.0238 e. The van der Waals surface area contributed by atoms with Crippen molar-refractivity contribution < 1.29 is 0 Å². The third-order valence-corrected chi connectivity index (χ3v) is 3.72. The van der Waals surface area contributed by atoms with E-state index in [1.807, 2.05) is 0 Å². The maximum atomic E-state index is 5.75. The number of benzene rings is 2. The zero-order chi connectivity index (χ0) is 14.4. The lowest BCUT2D eigenvalue weighted by Crippen LogP contribution is -2.28. The van der Waals surface area contributed by atoms with E-state index in [0.717, 1.165) is 24.1 Å². The van der Waals surface area contributed by atoms with Gasteiger partial charge in [0.15, 0.2) is 0 Å². The third-order valence-electron chi connectivity index (χ3n) is 3.23. The molecule has 2 N–H and O–H groups in total. The first-order valence-electron chi connectivity index (χ1n) is 6.90. The molecular weight excluding hydrogens is 312 g/mol. The van der Waals surface area contributed by atoms with Crippen LogP contribution >= 0.6 is 15.9 Å². The van der Waals surface area contributed by atoms with Crippen molar-refractivity contribution in [3.63, 3.8) is 0 Å². The summed E-state index contributed by atoms with van der Waals surface area (Å²) < 4.78 is 1.12. The Labute approximate surface area is 129 Å². The van der Waals surface area contributed by atoms with Gasteiger partial charge in [-0.1, -0.05) is 57.9 Å². The van der Waals surface area contributed by atoms with Crippen LogP contribution in [0.3, 0.4) is 0 Å². The van der Waals surface area contributed by atoms with E-state index in [1.54, 1.807) is 0 Å². The summed E-state index contributed by atoms with van der Waals surface area (Å²) in [6.07, 6.45) is 0. The fourth-order valence-electron chi connectivity index (χ4n) is 2.36. The van der Waals surface area contributed by atoms with Gasteiger partial charge in [0.25, 0.3) is 0 Å². The maximum absolute atomic E-state index is 5.75. The second-order valence-electron chi connectivity index (χ2n) is 5.12. The number of aryl methyl sites for hydroxylation is 1. The summed E-state index contributed by atoms with van der Waals surface area (Å²) >= 11 is 3.52. The number of halogens is 1. The van der Waals surface area contributed by atoms with Crippen LogP contribution in [0, 0.1) is 6.92 Å². The van der Waals surface area contributed by atoms with Crippen molar-refractivity contribution in [3.05, 3.63) is 69.7 Å². The van der Waals surface area contributed by atoms with Crippen molar-refractivity contribution in [1.29, 1.82) is 0 Å². The zero-order valence-electron chi connectivity index (χ0n) is 11.8. The van der Waals surface area contributed by atoms with Gasteiger partial charge < -0.3 is 5.73 Å². The van der Waals surface area contributed by atoms with E-state index in [0.29, 0.717) is 6.54 Å². The Hall–Kier alpha value is -1.16. The quantitative estimate of drug-likeness (QED) is 0.873. The van der Waals surface area contributed by atoms with Crippen molar-refractivity contribution in [2.75, 3.05) is 13.1 Å². The molecular formula is C17H21BrN2. The molecule has 0 heterocycles. The molecule has 0 amide bonds. The van der Waals surface area contributed by atoms with Gasteiger partial charge in [0.1, 0.15) is 0 Å². The van der Waals surface area contributed by atoms with E-state index in [-0.39, 0.29) is 0 Å². The molecule has 0 spiro atoms. The molecule has 0 atom stereocenters. The lowest BCUT2D eigenvalue weighted by atomic mass is 10.1. The lowest BCUT2D eigenvalue weighted by molar-refractivity contribution is 0.264. The van der Waals surface area contributed by atoms with Crippen LogP contribution in [-0.2, 0) is 13.1 Å². The van der Waals surface area contributed by atoms with Gasteiger partial charge in [0.2, 0.25) is 0 Å². The molecule has 0 unspecified atom stereocenters. The Morgan fingerprint density at radius 2 is 1.65 bits per heavy atom. The van der Waals surface area contributed by atoms with Gasteiger partial charge >= 0.3 is 0 Å². The molecule has 0 aliphatic heterocycles. The van der Waals surface area contributed by atoms with E-state index in [2.05, 4.69) is 76.3 Å². The van der Waals surface area contributed by atoms with E-state index in [9.17, 15) is 0 Å². The molecule has 2 aromatic rings. The third kappa shape index (κ3) is 4.75. The molecule has 0 saturated heterocycles. The summed E-state index contributed by atoms with van der Waals surface area (Å²) in [6, 6.07) is 17.1. The highest BCUT2D eigenvalue weighted by molar-refractivity contribution is 9.10. The van der Waals surface area contributed by atoms with Gasteiger partial charge in [-0.2, -0.15) is 0 Å². The number of hydrogen-bond acceptors (Lipinski definition) is 2. The van der Waals surface area contributed by atoms with Gasteiger partial charge in [-0.05, 0) is 30.2 Å². The summed E-state index contributed by atoms with van der Waals surface area (Å²) in [6.45, 7) is 5.57. The highest BCUT2D eigenvalue weighted by Crippen LogP contribution is 2.15. The fraction of sp³-hybridized carbons (Fsp3) is 0.294. The van der Waals surface area contributed by atoms with E-state index in [1.165, 1.54) is 16.7 Å². The second kappa shape index (κ2) is 7.58. The Balaban J connectivity index is 2.07. The van der Waals surface area contributed by atoms with Crippen LogP contribution in [0.25, 0.3) is 0 Å². The van der Waals surface area contributed by atoms with Crippen LogP contribution in [-0.4, -0.2) is 18.0 Å². The van der Waals surface area contributed by atoms with Crippen LogP contribution in [0.1, 0.15) is 16.7 Å². The highest BCUT2D eigenvalue weighted by atomic mass is 79.9. The van der Waals surface area contributed by atoms with Crippen molar-refractivity contribution in [2.45, 2.75) is 20.0 Å². The van der Waals surface area contributed by atoms with Crippen molar-refractivity contribution >= 4 is 15.9 Å². The van der Waals surface area contributed by atoms with E-state index < -0.39 is 0 Å². The average Bonchev–Trinajstić information content (AvgIpc) is 2.39. The first kappa shape index (κ1) is 15.2. The molecule has 2 rings (SSSR count). The molecule has 0 bridgehead atoms. The Bertz CT molecular complexity index is 507. The first-order valence-corrected chi connectivity index (χ1v) is 7.69. The maximum Gasteiger partial charge on any atom is 0.0238 e. The molecule has 2 nitrogen and oxygen atoms in total. The van der Waals surface area contributed by atoms with E-state index in [4.69, 9.17) is 5.73 Å². The monoisotopic (exact) mass is 332 g/mol. The summed E-state index contributed by atoms with van der Waals surface area (Å²) in [7, 11) is 0. The molecule has 0 aliphatic rings. The average molecular weight is 333 g/mol. The van der Waals surface area contributed by atoms with Crippen molar-refractivity contribution in [1.82, 2.24) is 4.90 Å². The summed E-state index contributed by atoms with van der Waals surface area (Å²) in [4.78, 5) is 2.39. The largest absolute Gasteiger partial charge is 0.329 e. The predicted molar refractivity (Wildman–Crippen MR) is 88.5 cm³/mol. The minimum atomic E-state index is 0.680. The molecule has 106 valence electrons. The number of hydrogen-bond donors (Lipinski definition) is 1. The Morgan fingerprint density at radius 3 is 2.25 bits per heavy atom. The summed E-state index contributed by atoms with van der Waals surface area (Å²) in [5, 5.41) is 0. The number of rotatable bonds is 6. The molecule has 0 aromatic heterocycles. The van der Waals surface area contributed by atoms with Gasteiger partial charge in [0.05, 0.1) is 0 Å². The van der Waals surface area contributed by atoms with Crippen LogP contribution < -0.4 is 5.73 Å². The lowest BCUT2D eigenvalue weighted by Gasteiger charge is -2.22. The van der Waals surface area contributed by atoms with Crippen LogP contribution in [0.5, 0.6) is 0 Å². The topological polar surface area (TPSA) is 29.3 Å². The predicted octanol–water partition coefficient (Wildman–Crippen LogP) is 3.72. The summed E-state index contributed by atoms with van der Waals surface area (Å²) in [5.41, 5.74) is 9.70. The minimum absolute atomic E-state index is 0.680. The van der Waals surface area contributed by atoms with Crippen LogP contribution in [0.2, 0.25) is 0 Å². The van der Waals surface area contributed by atoms with Gasteiger partial charge in [0, 0.05) is 30.7 Å². The zero-order valence-corrected chi connectivity index (χ0v) is 13.4. The van der Waals surface area contributed by atoms with E-state index >= 15 is 0 Å². The van der Waals surface area contributed by atoms with Crippen LogP contribution in [0.4, 0.5) is 0 Å². The normalized spacial score (nSPS) is 11.0. The van der Waals surface area contributed by atoms with Gasteiger partial charge in [-0.25, -0.2) is 0 Å². The van der Waals surface area contributed by atoms with Gasteiger partial charge in [-0.3, -0.25) is 4.90 Å². The van der Waals surface area contributed by atoms with Crippen molar-refractivity contribution in [3.8, 4) is 0 Å². The Kier molecular flexibility index (Phi) is 5.77. The Morgan fingerprint density at radius 1 is 1.00 bits per heavy atom. The van der Waals surface area contributed by atoms with Gasteiger partial charge in [-0.15, -0.1) is 0 Å². The highest BCUT2D eigenvalue weighted by Gasteiger charge is 2.07. The molecule has 2 aromatic carbocycles. The molecule has 0 aliphatic carbocycles. The fourth-order valence-corrected chi connectivity index (χ4v) is 2.81. The standard InChI is InChI=1S/C17H21BrN2/c1-14-4-2-5-15(10-14)12-20(9-8-19)13-16-6-3-7-17(18)11-16/h2-7,10-11H,8-9,12-13,19H2,1H3. The molecule has 3 heteroatoms.